The summed E-state index contributed by atoms with van der Waals surface area (Å²) in [4.78, 5) is 10.9. The van der Waals surface area contributed by atoms with Crippen molar-refractivity contribution in [3.63, 3.8) is 0 Å². The van der Waals surface area contributed by atoms with Gasteiger partial charge in [-0.1, -0.05) is 12.2 Å². The molecule has 9 heavy (non-hydrogen) atoms. The second kappa shape index (κ2) is 2.41. The van der Waals surface area contributed by atoms with Gasteiger partial charge in [0, 0.05) is 11.4 Å². The molecule has 0 aromatic rings. The molecule has 0 bridgehead atoms. The van der Waals surface area contributed by atoms with Gasteiger partial charge in [0.05, 0.1) is 0 Å². The molecule has 1 aliphatic rings. The molecule has 0 spiro atoms. The average molecular weight is 145 g/mol. The van der Waals surface area contributed by atoms with Gasteiger partial charge in [-0.25, -0.2) is 0 Å². The van der Waals surface area contributed by atoms with Gasteiger partial charge in [-0.15, -0.1) is 0 Å². The number of aliphatic carboxylic acids is 1. The van der Waals surface area contributed by atoms with Crippen LogP contribution in [-0.2, 0) is 4.79 Å². The molecule has 50 valence electrons. The number of rotatable bonds is 1. The fraction of sp³-hybridized carbons (Fsp3) is 0.600. The topological polar surface area (TPSA) is 49.3 Å². The molecule has 1 heterocycles. The predicted octanol–water partition coefficient (Wildman–Crippen LogP) is -0.197. The second-order valence-electron chi connectivity index (χ2n) is 1.94. The fourth-order valence-corrected chi connectivity index (χ4v) is 1.11. The van der Waals surface area contributed by atoms with Gasteiger partial charge in [-0.05, 0) is 6.42 Å². The Hall–Kier alpha value is -0.480. The zero-order valence-electron chi connectivity index (χ0n) is 4.76. The number of carboxylic acids is 1. The van der Waals surface area contributed by atoms with E-state index in [2.05, 4.69) is 5.32 Å². The van der Waals surface area contributed by atoms with Crippen molar-refractivity contribution < 1.29 is 9.90 Å². The summed E-state index contributed by atoms with van der Waals surface area (Å²) in [7, 11) is 0. The molecule has 1 unspecified atom stereocenters. The molecule has 3 nitrogen and oxygen atoms in total. The first-order valence-electron chi connectivity index (χ1n) is 2.70. The van der Waals surface area contributed by atoms with Gasteiger partial charge in [-0.2, -0.15) is 0 Å². The molecular weight excluding hydrogens is 138 g/mol. The lowest BCUT2D eigenvalue weighted by Crippen LogP contribution is -2.34. The van der Waals surface area contributed by atoms with E-state index in [4.69, 9.17) is 17.3 Å². The number of carboxylic acid groups (broad SMARTS) is 1. The molecule has 0 aliphatic carbocycles. The number of nitrogens with one attached hydrogen (secondary N) is 1. The molecule has 0 radical (unpaired) electrons. The Kier molecular flexibility index (Phi) is 1.78. The molecule has 2 N–H and O–H groups in total. The molecule has 1 aliphatic heterocycles. The van der Waals surface area contributed by atoms with Crippen molar-refractivity contribution in [1.29, 1.82) is 0 Å². The van der Waals surface area contributed by atoms with Crippen molar-refractivity contribution in [1.82, 2.24) is 5.32 Å². The molecule has 0 saturated carbocycles. The highest BCUT2D eigenvalue weighted by molar-refractivity contribution is 7.80. The van der Waals surface area contributed by atoms with Crippen LogP contribution < -0.4 is 5.32 Å². The third-order valence-corrected chi connectivity index (χ3v) is 1.73. The van der Waals surface area contributed by atoms with Crippen LogP contribution in [0.4, 0.5) is 0 Å². The normalized spacial score (nSPS) is 26.7. The molecule has 0 aromatic heterocycles. The Morgan fingerprint density at radius 3 is 2.78 bits per heavy atom. The lowest BCUT2D eigenvalue weighted by atomic mass is 10.2. The fourth-order valence-electron chi connectivity index (χ4n) is 0.823. The molecule has 1 atom stereocenters. The molecule has 1 saturated heterocycles. The molecule has 0 aromatic carbocycles. The second-order valence-corrected chi connectivity index (χ2v) is 2.47. The minimum absolute atomic E-state index is 0.569. The van der Waals surface area contributed by atoms with Crippen molar-refractivity contribution in [3.05, 3.63) is 0 Å². The molecular formula is C5H7NO2S. The largest absolute Gasteiger partial charge is 0.480 e. The monoisotopic (exact) mass is 145 g/mol. The van der Waals surface area contributed by atoms with E-state index in [1.54, 1.807) is 0 Å². The van der Waals surface area contributed by atoms with Crippen LogP contribution >= 0.6 is 12.2 Å². The Bertz CT molecular complexity index is 157. The summed E-state index contributed by atoms with van der Waals surface area (Å²) in [5, 5.41) is 11.2. The molecule has 1 rings (SSSR count). The number of hydrogen-bond donors (Lipinski definition) is 2. The summed E-state index contributed by atoms with van der Waals surface area (Å²) in [5.41, 5.74) is 0. The van der Waals surface area contributed by atoms with Crippen molar-refractivity contribution in [3.8, 4) is 0 Å². The quantitative estimate of drug-likeness (QED) is 0.502. The Labute approximate surface area is 58.1 Å². The van der Waals surface area contributed by atoms with Crippen molar-refractivity contribution in [2.45, 2.75) is 12.5 Å². The van der Waals surface area contributed by atoms with Gasteiger partial charge in [0.1, 0.15) is 6.04 Å². The Balaban J connectivity index is 2.60. The average Bonchev–Trinajstić information content (AvgIpc) is 2.13. The maximum absolute atomic E-state index is 10.3. The number of carbonyl (C=O) groups is 1. The van der Waals surface area contributed by atoms with Crippen LogP contribution in [0.15, 0.2) is 0 Å². The zero-order chi connectivity index (χ0) is 6.85. The van der Waals surface area contributed by atoms with E-state index in [1.807, 2.05) is 0 Å². The van der Waals surface area contributed by atoms with Crippen molar-refractivity contribution >= 4 is 23.1 Å². The lowest BCUT2D eigenvalue weighted by molar-refractivity contribution is -0.137. The summed E-state index contributed by atoms with van der Waals surface area (Å²) in [6, 6.07) is -0.569. The van der Waals surface area contributed by atoms with E-state index in [0.29, 0.717) is 17.8 Å². The first kappa shape index (κ1) is 6.64. The van der Waals surface area contributed by atoms with Crippen molar-refractivity contribution in [2.24, 2.45) is 0 Å². The first-order chi connectivity index (χ1) is 4.22. The van der Waals surface area contributed by atoms with E-state index >= 15 is 0 Å². The van der Waals surface area contributed by atoms with Gasteiger partial charge < -0.3 is 5.11 Å². The zero-order valence-corrected chi connectivity index (χ0v) is 5.57. The van der Waals surface area contributed by atoms with E-state index < -0.39 is 12.0 Å². The Morgan fingerprint density at radius 1 is 1.89 bits per heavy atom. The molecule has 1 fully saturated rings. The van der Waals surface area contributed by atoms with Gasteiger partial charge in [0.15, 0.2) is 0 Å². The minimum atomic E-state index is -0.863. The van der Waals surface area contributed by atoms with E-state index in [-0.39, 0.29) is 0 Å². The van der Waals surface area contributed by atoms with Gasteiger partial charge in [-0.3, -0.25) is 10.1 Å². The summed E-state index contributed by atoms with van der Waals surface area (Å²) in [6.45, 7) is 0.704. The summed E-state index contributed by atoms with van der Waals surface area (Å²) < 4.78 is 0. The van der Waals surface area contributed by atoms with E-state index in [1.165, 1.54) is 0 Å². The molecule has 4 heteroatoms. The lowest BCUT2D eigenvalue weighted by Gasteiger charge is -2.01. The van der Waals surface area contributed by atoms with Crippen LogP contribution in [0.25, 0.3) is 0 Å². The maximum atomic E-state index is 10.3. The van der Waals surface area contributed by atoms with Gasteiger partial charge >= 0.3 is 5.97 Å². The number of thiocarbonyl (C=S) groups is 1. The van der Waals surface area contributed by atoms with Crippen LogP contribution in [0.2, 0.25) is 0 Å². The highest BCUT2D eigenvalue weighted by atomic mass is 32.1. The van der Waals surface area contributed by atoms with E-state index in [9.17, 15) is 4.79 Å². The van der Waals surface area contributed by atoms with Crippen LogP contribution in [0.3, 0.4) is 0 Å². The summed E-state index contributed by atoms with van der Waals surface area (Å²) >= 11 is 4.77. The number of hydrogen-bond acceptors (Lipinski definition) is 3. The third kappa shape index (κ3) is 1.25. The highest BCUT2D eigenvalue weighted by Crippen LogP contribution is 2.02. The predicted molar refractivity (Wildman–Crippen MR) is 36.6 cm³/mol. The van der Waals surface area contributed by atoms with Crippen LogP contribution in [0, 0.1) is 0 Å². The van der Waals surface area contributed by atoms with Crippen LogP contribution in [0.1, 0.15) is 6.42 Å². The first-order valence-corrected chi connectivity index (χ1v) is 3.11. The highest BCUT2D eigenvalue weighted by Gasteiger charge is 2.26. The molecule has 0 amide bonds. The standard InChI is InChI=1S/C5H7NO2S/c7-5(8)4-3(9)1-2-6-4/h4,6H,1-2H2,(H,7,8). The van der Waals surface area contributed by atoms with Gasteiger partial charge in [0.2, 0.25) is 0 Å². The van der Waals surface area contributed by atoms with Crippen LogP contribution in [0.5, 0.6) is 0 Å². The van der Waals surface area contributed by atoms with Gasteiger partial charge in [0.25, 0.3) is 0 Å². The smallest absolute Gasteiger partial charge is 0.325 e. The summed E-state index contributed by atoms with van der Waals surface area (Å²) in [5.74, 6) is -0.863. The summed E-state index contributed by atoms with van der Waals surface area (Å²) in [6.07, 6.45) is 0.715. The van der Waals surface area contributed by atoms with Crippen molar-refractivity contribution in [2.75, 3.05) is 6.54 Å². The third-order valence-electron chi connectivity index (χ3n) is 1.29. The maximum Gasteiger partial charge on any atom is 0.325 e. The Morgan fingerprint density at radius 2 is 2.56 bits per heavy atom. The minimum Gasteiger partial charge on any atom is -0.480 e. The van der Waals surface area contributed by atoms with Crippen LogP contribution in [-0.4, -0.2) is 28.5 Å². The van der Waals surface area contributed by atoms with E-state index in [0.717, 1.165) is 0 Å². The SMILES string of the molecule is O=C(O)C1NCCC1=S.